The summed E-state index contributed by atoms with van der Waals surface area (Å²) in [7, 11) is 0. The summed E-state index contributed by atoms with van der Waals surface area (Å²) in [4.78, 5) is 10.7. The van der Waals surface area contributed by atoms with E-state index < -0.39 is 0 Å². The maximum atomic E-state index is 11.0. The number of benzene rings is 1. The van der Waals surface area contributed by atoms with Crippen molar-refractivity contribution in [2.75, 3.05) is 0 Å². The van der Waals surface area contributed by atoms with Crippen LogP contribution in [-0.2, 0) is 0 Å². The number of nitro groups is 1. The van der Waals surface area contributed by atoms with E-state index in [2.05, 4.69) is 0 Å². The second-order valence-corrected chi connectivity index (χ2v) is 4.72. The zero-order valence-corrected chi connectivity index (χ0v) is 9.84. The smallest absolute Gasteiger partial charge is 0.272 e. The standard InChI is InChI=1S/C13H18N2O2/c14-12-8-3-1-2-6-10(12)11-7-4-5-9-13(11)15(16)17/h4-5,7,9-10,12H,1-3,6,8,14H2. The highest BCUT2D eigenvalue weighted by atomic mass is 16.6. The van der Waals surface area contributed by atoms with Gasteiger partial charge in [0.25, 0.3) is 5.69 Å². The van der Waals surface area contributed by atoms with Crippen molar-refractivity contribution in [3.63, 3.8) is 0 Å². The molecule has 4 heteroatoms. The molecule has 17 heavy (non-hydrogen) atoms. The van der Waals surface area contributed by atoms with Gasteiger partial charge < -0.3 is 5.73 Å². The van der Waals surface area contributed by atoms with Crippen LogP contribution >= 0.6 is 0 Å². The van der Waals surface area contributed by atoms with Crippen LogP contribution in [0.4, 0.5) is 5.69 Å². The molecule has 0 amide bonds. The highest BCUT2D eigenvalue weighted by Gasteiger charge is 2.27. The first kappa shape index (κ1) is 12.0. The number of para-hydroxylation sites is 1. The minimum absolute atomic E-state index is 0.0543. The molecule has 0 radical (unpaired) electrons. The second kappa shape index (κ2) is 5.27. The van der Waals surface area contributed by atoms with Gasteiger partial charge in [0.15, 0.2) is 0 Å². The Morgan fingerprint density at radius 3 is 2.65 bits per heavy atom. The lowest BCUT2D eigenvalue weighted by atomic mass is 9.87. The number of nitrogens with two attached hydrogens (primary N) is 1. The number of nitrogens with zero attached hydrogens (tertiary/aromatic N) is 1. The summed E-state index contributed by atoms with van der Waals surface area (Å²) in [5, 5.41) is 11.0. The van der Waals surface area contributed by atoms with Gasteiger partial charge in [0.05, 0.1) is 4.92 Å². The second-order valence-electron chi connectivity index (χ2n) is 4.72. The Hall–Kier alpha value is -1.42. The lowest BCUT2D eigenvalue weighted by Gasteiger charge is -2.21. The summed E-state index contributed by atoms with van der Waals surface area (Å²) in [5.41, 5.74) is 7.19. The fraction of sp³-hybridized carbons (Fsp3) is 0.538. The first-order valence-corrected chi connectivity index (χ1v) is 6.19. The minimum Gasteiger partial charge on any atom is -0.327 e. The maximum Gasteiger partial charge on any atom is 0.272 e. The van der Waals surface area contributed by atoms with Gasteiger partial charge in [-0.3, -0.25) is 10.1 Å². The summed E-state index contributed by atoms with van der Waals surface area (Å²) in [5.74, 6) is 0.138. The third-order valence-electron chi connectivity index (χ3n) is 3.60. The lowest BCUT2D eigenvalue weighted by molar-refractivity contribution is -0.385. The topological polar surface area (TPSA) is 69.2 Å². The van der Waals surface area contributed by atoms with Crippen LogP contribution in [0.1, 0.15) is 43.6 Å². The van der Waals surface area contributed by atoms with Crippen LogP contribution in [0.15, 0.2) is 24.3 Å². The van der Waals surface area contributed by atoms with Gasteiger partial charge in [-0.15, -0.1) is 0 Å². The van der Waals surface area contributed by atoms with Crippen LogP contribution in [0.2, 0.25) is 0 Å². The monoisotopic (exact) mass is 234 g/mol. The molecule has 2 unspecified atom stereocenters. The van der Waals surface area contributed by atoms with Crippen molar-refractivity contribution in [3.8, 4) is 0 Å². The molecule has 92 valence electrons. The molecule has 0 aromatic heterocycles. The Bertz CT molecular complexity index is 406. The SMILES string of the molecule is NC1CCCCCC1c1ccccc1[N+](=O)[O-]. The summed E-state index contributed by atoms with van der Waals surface area (Å²) < 4.78 is 0. The molecule has 0 spiro atoms. The lowest BCUT2D eigenvalue weighted by Crippen LogP contribution is -2.27. The number of nitro benzene ring substituents is 1. The molecule has 0 heterocycles. The van der Waals surface area contributed by atoms with Gasteiger partial charge in [0, 0.05) is 23.6 Å². The molecule has 1 fully saturated rings. The molecular formula is C13H18N2O2. The Kier molecular flexibility index (Phi) is 3.74. The molecule has 2 rings (SSSR count). The van der Waals surface area contributed by atoms with E-state index in [1.165, 1.54) is 6.42 Å². The Balaban J connectivity index is 2.34. The molecule has 1 aromatic rings. The molecule has 1 aliphatic rings. The zero-order chi connectivity index (χ0) is 12.3. The number of rotatable bonds is 2. The van der Waals surface area contributed by atoms with Crippen molar-refractivity contribution in [2.45, 2.75) is 44.1 Å². The van der Waals surface area contributed by atoms with E-state index in [4.69, 9.17) is 5.73 Å². The van der Waals surface area contributed by atoms with Gasteiger partial charge >= 0.3 is 0 Å². The van der Waals surface area contributed by atoms with E-state index >= 15 is 0 Å². The minimum atomic E-state index is -0.299. The van der Waals surface area contributed by atoms with Crippen molar-refractivity contribution >= 4 is 5.69 Å². The third kappa shape index (κ3) is 2.64. The molecule has 0 saturated heterocycles. The van der Waals surface area contributed by atoms with Crippen molar-refractivity contribution in [3.05, 3.63) is 39.9 Å². The average molecular weight is 234 g/mol. The van der Waals surface area contributed by atoms with Gasteiger partial charge in [0.1, 0.15) is 0 Å². The van der Waals surface area contributed by atoms with E-state index in [0.717, 1.165) is 31.2 Å². The molecule has 4 nitrogen and oxygen atoms in total. The first-order valence-electron chi connectivity index (χ1n) is 6.19. The van der Waals surface area contributed by atoms with E-state index in [1.807, 2.05) is 12.1 Å². The fourth-order valence-electron chi connectivity index (χ4n) is 2.69. The van der Waals surface area contributed by atoms with Crippen molar-refractivity contribution in [2.24, 2.45) is 5.73 Å². The van der Waals surface area contributed by atoms with Crippen LogP contribution in [0.3, 0.4) is 0 Å². The Morgan fingerprint density at radius 2 is 1.88 bits per heavy atom. The summed E-state index contributed by atoms with van der Waals surface area (Å²) >= 11 is 0. The van der Waals surface area contributed by atoms with Crippen molar-refractivity contribution in [1.29, 1.82) is 0 Å². The normalized spacial score (nSPS) is 25.2. The van der Waals surface area contributed by atoms with Gasteiger partial charge in [-0.2, -0.15) is 0 Å². The molecule has 2 N–H and O–H groups in total. The number of hydrogen-bond donors (Lipinski definition) is 1. The Labute approximate surface area is 101 Å². The van der Waals surface area contributed by atoms with E-state index in [1.54, 1.807) is 12.1 Å². The van der Waals surface area contributed by atoms with Gasteiger partial charge in [-0.25, -0.2) is 0 Å². The Morgan fingerprint density at radius 1 is 1.18 bits per heavy atom. The van der Waals surface area contributed by atoms with Crippen molar-refractivity contribution < 1.29 is 4.92 Å². The van der Waals surface area contributed by atoms with Gasteiger partial charge in [-0.05, 0) is 12.8 Å². The van der Waals surface area contributed by atoms with E-state index in [9.17, 15) is 10.1 Å². The summed E-state index contributed by atoms with van der Waals surface area (Å²) in [6.07, 6.45) is 5.37. The van der Waals surface area contributed by atoms with Gasteiger partial charge in [0.2, 0.25) is 0 Å². The molecule has 0 aliphatic heterocycles. The fourth-order valence-corrected chi connectivity index (χ4v) is 2.69. The summed E-state index contributed by atoms with van der Waals surface area (Å²) in [6.45, 7) is 0. The predicted molar refractivity (Wildman–Crippen MR) is 66.9 cm³/mol. The molecule has 1 aliphatic carbocycles. The van der Waals surface area contributed by atoms with Crippen molar-refractivity contribution in [1.82, 2.24) is 0 Å². The van der Waals surface area contributed by atoms with Crippen LogP contribution in [0, 0.1) is 10.1 Å². The highest BCUT2D eigenvalue weighted by Crippen LogP contribution is 2.35. The first-order chi connectivity index (χ1) is 8.20. The molecule has 1 saturated carbocycles. The van der Waals surface area contributed by atoms with E-state index in [-0.39, 0.29) is 22.6 Å². The van der Waals surface area contributed by atoms with Crippen LogP contribution in [-0.4, -0.2) is 11.0 Å². The average Bonchev–Trinajstić information content (AvgIpc) is 2.54. The summed E-state index contributed by atoms with van der Waals surface area (Å²) in [6, 6.07) is 7.06. The largest absolute Gasteiger partial charge is 0.327 e. The molecule has 2 atom stereocenters. The molecular weight excluding hydrogens is 216 g/mol. The van der Waals surface area contributed by atoms with Gasteiger partial charge in [-0.1, -0.05) is 37.5 Å². The molecule has 0 bridgehead atoms. The highest BCUT2D eigenvalue weighted by molar-refractivity contribution is 5.43. The molecule has 1 aromatic carbocycles. The quantitative estimate of drug-likeness (QED) is 0.486. The van der Waals surface area contributed by atoms with E-state index in [0.29, 0.717) is 0 Å². The van der Waals surface area contributed by atoms with Crippen LogP contribution in [0.25, 0.3) is 0 Å². The zero-order valence-electron chi connectivity index (χ0n) is 9.84. The number of hydrogen-bond acceptors (Lipinski definition) is 3. The predicted octanol–water partition coefficient (Wildman–Crippen LogP) is 2.97. The van der Waals surface area contributed by atoms with Crippen LogP contribution in [0.5, 0.6) is 0 Å². The maximum absolute atomic E-state index is 11.0. The van der Waals surface area contributed by atoms with Crippen LogP contribution < -0.4 is 5.73 Å². The third-order valence-corrected chi connectivity index (χ3v) is 3.60.